The Labute approximate surface area is 160 Å². The van der Waals surface area contributed by atoms with Crippen LogP contribution in [0.1, 0.15) is 24.0 Å². The van der Waals surface area contributed by atoms with Crippen LogP contribution in [0.3, 0.4) is 0 Å². The molecule has 0 spiro atoms. The molecule has 0 radical (unpaired) electrons. The van der Waals surface area contributed by atoms with E-state index in [1.54, 1.807) is 24.3 Å². The average molecular weight is 398 g/mol. The van der Waals surface area contributed by atoms with E-state index in [1.807, 2.05) is 24.3 Å². The highest BCUT2D eigenvalue weighted by Gasteiger charge is 2.23. The Balaban J connectivity index is 1.93. The molecule has 0 aromatic heterocycles. The van der Waals surface area contributed by atoms with E-state index in [2.05, 4.69) is 0 Å². The third-order valence-electron chi connectivity index (χ3n) is 3.87. The molecule has 0 atom stereocenters. The average Bonchev–Trinajstić information content (AvgIpc) is 2.89. The van der Waals surface area contributed by atoms with Crippen molar-refractivity contribution in [3.05, 3.63) is 78.8 Å². The van der Waals surface area contributed by atoms with Crippen LogP contribution in [0.25, 0.3) is 12.2 Å². The zero-order chi connectivity index (χ0) is 17.3. The Morgan fingerprint density at radius 1 is 0.708 bits per heavy atom. The molecule has 0 N–H and O–H groups in total. The molecule has 122 valence electrons. The molecule has 1 saturated carbocycles. The van der Waals surface area contributed by atoms with Crippen molar-refractivity contribution >= 4 is 64.3 Å². The third-order valence-corrected chi connectivity index (χ3v) is 5.54. The first kappa shape index (κ1) is 17.6. The minimum atomic E-state index is 0.00193. The maximum Gasteiger partial charge on any atom is 0.185 e. The lowest BCUT2D eigenvalue weighted by Gasteiger charge is -2.03. The third kappa shape index (κ3) is 3.55. The molecule has 2 aromatic carbocycles. The molecule has 0 heterocycles. The van der Waals surface area contributed by atoms with E-state index in [0.29, 0.717) is 44.1 Å². The lowest BCUT2D eigenvalue weighted by atomic mass is 10.1. The molecule has 0 aliphatic heterocycles. The Kier molecular flexibility index (Phi) is 5.36. The van der Waals surface area contributed by atoms with Crippen LogP contribution in [-0.2, 0) is 4.79 Å². The van der Waals surface area contributed by atoms with Crippen molar-refractivity contribution in [2.75, 3.05) is 0 Å². The highest BCUT2D eigenvalue weighted by Crippen LogP contribution is 2.34. The summed E-state index contributed by atoms with van der Waals surface area (Å²) in [6, 6.07) is 10.7. The van der Waals surface area contributed by atoms with E-state index in [0.717, 1.165) is 11.1 Å². The number of Topliss-reactive ketones (excluding diaryl/α,β-unsaturated/α-hetero) is 1. The number of hydrogen-bond donors (Lipinski definition) is 0. The molecule has 2 aromatic rings. The van der Waals surface area contributed by atoms with Gasteiger partial charge < -0.3 is 0 Å². The van der Waals surface area contributed by atoms with Gasteiger partial charge in [0.1, 0.15) is 0 Å². The normalized spacial score (nSPS) is 17.9. The number of allylic oxidation sites excluding steroid dienone is 2. The van der Waals surface area contributed by atoms with E-state index in [9.17, 15) is 4.79 Å². The van der Waals surface area contributed by atoms with E-state index >= 15 is 0 Å². The van der Waals surface area contributed by atoms with Crippen LogP contribution in [0.2, 0.25) is 20.1 Å². The van der Waals surface area contributed by atoms with E-state index in [-0.39, 0.29) is 5.78 Å². The quantitative estimate of drug-likeness (QED) is 0.492. The van der Waals surface area contributed by atoms with Gasteiger partial charge in [-0.3, -0.25) is 4.79 Å². The summed E-state index contributed by atoms with van der Waals surface area (Å²) in [4.78, 5) is 12.6. The first-order valence-corrected chi connectivity index (χ1v) is 8.82. The predicted octanol–water partition coefficient (Wildman–Crippen LogP) is 7.13. The van der Waals surface area contributed by atoms with Crippen molar-refractivity contribution in [2.45, 2.75) is 12.8 Å². The highest BCUT2D eigenvalue weighted by atomic mass is 35.5. The largest absolute Gasteiger partial charge is 0.289 e. The fourth-order valence-electron chi connectivity index (χ4n) is 2.62. The van der Waals surface area contributed by atoms with Gasteiger partial charge in [0.05, 0.1) is 20.1 Å². The number of carbonyl (C=O) groups is 1. The van der Waals surface area contributed by atoms with E-state index < -0.39 is 0 Å². The second-order valence-corrected chi connectivity index (χ2v) is 7.02. The van der Waals surface area contributed by atoms with Gasteiger partial charge in [0.15, 0.2) is 5.78 Å². The van der Waals surface area contributed by atoms with Gasteiger partial charge in [-0.05, 0) is 48.3 Å². The molecular weight excluding hydrogens is 386 g/mol. The number of carbonyl (C=O) groups excluding carboxylic acids is 1. The minimum absolute atomic E-state index is 0.00193. The number of hydrogen-bond acceptors (Lipinski definition) is 1. The fourth-order valence-corrected chi connectivity index (χ4v) is 3.34. The minimum Gasteiger partial charge on any atom is -0.289 e. The van der Waals surface area contributed by atoms with Crippen molar-refractivity contribution in [1.82, 2.24) is 0 Å². The van der Waals surface area contributed by atoms with Gasteiger partial charge in [-0.2, -0.15) is 0 Å². The lowest BCUT2D eigenvalue weighted by molar-refractivity contribution is -0.111. The van der Waals surface area contributed by atoms with Gasteiger partial charge in [-0.1, -0.05) is 70.7 Å². The maximum atomic E-state index is 12.6. The maximum absolute atomic E-state index is 12.6. The first-order chi connectivity index (χ1) is 11.5. The Morgan fingerprint density at radius 2 is 1.12 bits per heavy atom. The molecule has 1 aliphatic carbocycles. The molecule has 1 fully saturated rings. The fraction of sp³-hybridized carbons (Fsp3) is 0.105. The van der Waals surface area contributed by atoms with Crippen LogP contribution >= 0.6 is 46.4 Å². The van der Waals surface area contributed by atoms with Gasteiger partial charge >= 0.3 is 0 Å². The zero-order valence-electron chi connectivity index (χ0n) is 12.5. The van der Waals surface area contributed by atoms with Crippen molar-refractivity contribution in [2.24, 2.45) is 0 Å². The van der Waals surface area contributed by atoms with E-state index in [4.69, 9.17) is 46.4 Å². The van der Waals surface area contributed by atoms with Crippen LogP contribution in [0.5, 0.6) is 0 Å². The number of rotatable bonds is 2. The van der Waals surface area contributed by atoms with Crippen LogP contribution in [0.15, 0.2) is 47.5 Å². The van der Waals surface area contributed by atoms with Gasteiger partial charge in [0.25, 0.3) is 0 Å². The summed E-state index contributed by atoms with van der Waals surface area (Å²) in [5.41, 5.74) is 2.91. The number of halogens is 4. The summed E-state index contributed by atoms with van der Waals surface area (Å²) in [5.74, 6) is 0.00193. The molecule has 0 amide bonds. The monoisotopic (exact) mass is 396 g/mol. The Morgan fingerprint density at radius 3 is 1.54 bits per heavy atom. The van der Waals surface area contributed by atoms with Gasteiger partial charge in [-0.25, -0.2) is 0 Å². The molecule has 3 rings (SSSR count). The lowest BCUT2D eigenvalue weighted by Crippen LogP contribution is -1.96. The molecule has 0 unspecified atom stereocenters. The number of ketones is 1. The van der Waals surface area contributed by atoms with Crippen molar-refractivity contribution in [3.8, 4) is 0 Å². The van der Waals surface area contributed by atoms with Crippen LogP contribution in [0.4, 0.5) is 0 Å². The smallest absolute Gasteiger partial charge is 0.185 e. The number of benzene rings is 2. The zero-order valence-corrected chi connectivity index (χ0v) is 15.5. The summed E-state index contributed by atoms with van der Waals surface area (Å²) in [6.45, 7) is 0. The van der Waals surface area contributed by atoms with Crippen LogP contribution in [0, 0.1) is 0 Å². The molecule has 24 heavy (non-hydrogen) atoms. The van der Waals surface area contributed by atoms with Crippen LogP contribution < -0.4 is 0 Å². The summed E-state index contributed by atoms with van der Waals surface area (Å²) in [6.07, 6.45) is 4.92. The summed E-state index contributed by atoms with van der Waals surface area (Å²) in [5, 5.41) is 1.85. The molecule has 0 bridgehead atoms. The van der Waals surface area contributed by atoms with Gasteiger partial charge in [-0.15, -0.1) is 0 Å². The van der Waals surface area contributed by atoms with Gasteiger partial charge in [0, 0.05) is 11.1 Å². The summed E-state index contributed by atoms with van der Waals surface area (Å²) in [7, 11) is 0. The molecule has 1 nitrogen and oxygen atoms in total. The van der Waals surface area contributed by atoms with Crippen molar-refractivity contribution in [3.63, 3.8) is 0 Å². The molecule has 0 saturated heterocycles. The van der Waals surface area contributed by atoms with Crippen molar-refractivity contribution < 1.29 is 4.79 Å². The van der Waals surface area contributed by atoms with Crippen LogP contribution in [-0.4, -0.2) is 5.78 Å². The standard InChI is InChI=1S/C19H12Cl4O/c20-15-5-1-3-11(17(15)22)9-13-7-8-14(19(13)24)10-12-4-2-6-16(21)18(12)23/h1-6,9-10H,7-8H2/b13-9+,14-10+. The predicted molar refractivity (Wildman–Crippen MR) is 103 cm³/mol. The first-order valence-electron chi connectivity index (χ1n) is 7.31. The Bertz CT molecular complexity index is 809. The molecular formula is C19H12Cl4O. The molecule has 5 heteroatoms. The van der Waals surface area contributed by atoms with Gasteiger partial charge in [0.2, 0.25) is 0 Å². The highest BCUT2D eigenvalue weighted by molar-refractivity contribution is 6.43. The van der Waals surface area contributed by atoms with Crippen molar-refractivity contribution in [1.29, 1.82) is 0 Å². The summed E-state index contributed by atoms with van der Waals surface area (Å²) >= 11 is 24.4. The topological polar surface area (TPSA) is 17.1 Å². The van der Waals surface area contributed by atoms with E-state index in [1.165, 1.54) is 0 Å². The summed E-state index contributed by atoms with van der Waals surface area (Å²) < 4.78 is 0. The Hall–Kier alpha value is -1.25. The second-order valence-electron chi connectivity index (χ2n) is 5.45. The SMILES string of the molecule is O=C1/C(=C/c2cccc(Cl)c2Cl)CC/C1=C\c1cccc(Cl)c1Cl. The molecule has 1 aliphatic rings. The second kappa shape index (κ2) is 7.33.